The van der Waals surface area contributed by atoms with E-state index in [2.05, 4.69) is 97.1 Å². The van der Waals surface area contributed by atoms with E-state index in [0.29, 0.717) is 0 Å². The zero-order valence-corrected chi connectivity index (χ0v) is 22.9. The summed E-state index contributed by atoms with van der Waals surface area (Å²) in [6.07, 6.45) is 1.75. The first kappa shape index (κ1) is 22.8. The minimum atomic E-state index is 0.813. The highest BCUT2D eigenvalue weighted by molar-refractivity contribution is 6.30. The summed E-state index contributed by atoms with van der Waals surface area (Å²) in [6, 6.07) is 44.7. The molecule has 0 amide bonds. The highest BCUT2D eigenvalue weighted by Gasteiger charge is 2.23. The number of furan rings is 3. The second-order valence-electron chi connectivity index (χ2n) is 11.2. The summed E-state index contributed by atoms with van der Waals surface area (Å²) in [4.78, 5) is 0. The molecule has 3 heterocycles. The van der Waals surface area contributed by atoms with Crippen LogP contribution in [0.3, 0.4) is 0 Å². The van der Waals surface area contributed by atoms with Crippen molar-refractivity contribution in [2.75, 3.05) is 0 Å². The van der Waals surface area contributed by atoms with Gasteiger partial charge >= 0.3 is 0 Å². The third-order valence-corrected chi connectivity index (χ3v) is 8.95. The third-order valence-electron chi connectivity index (χ3n) is 8.95. The molecular weight excluding hydrogens is 528 g/mol. The van der Waals surface area contributed by atoms with Crippen molar-refractivity contribution in [3.63, 3.8) is 0 Å². The van der Waals surface area contributed by atoms with Crippen LogP contribution < -0.4 is 0 Å². The van der Waals surface area contributed by atoms with E-state index in [4.69, 9.17) is 13.3 Å². The lowest BCUT2D eigenvalue weighted by Gasteiger charge is -2.18. The summed E-state index contributed by atoms with van der Waals surface area (Å²) < 4.78 is 18.8. The number of benzene rings is 7. The fourth-order valence-electron chi connectivity index (χ4n) is 7.22. The molecule has 43 heavy (non-hydrogen) atoms. The number of hydrogen-bond acceptors (Lipinski definition) is 3. The van der Waals surface area contributed by atoms with Crippen LogP contribution in [0.25, 0.3) is 98.6 Å². The highest BCUT2D eigenvalue weighted by Crippen LogP contribution is 2.50. The molecule has 0 spiro atoms. The van der Waals surface area contributed by atoms with Gasteiger partial charge in [0.05, 0.1) is 11.6 Å². The van der Waals surface area contributed by atoms with Gasteiger partial charge in [-0.1, -0.05) is 97.1 Å². The molecule has 0 fully saturated rings. The Balaban J connectivity index is 1.43. The zero-order chi connectivity index (χ0) is 28.1. The Labute approximate surface area is 245 Å². The van der Waals surface area contributed by atoms with E-state index in [0.717, 1.165) is 60.4 Å². The maximum atomic E-state index is 6.51. The third kappa shape index (κ3) is 3.03. The molecule has 3 nitrogen and oxygen atoms in total. The van der Waals surface area contributed by atoms with Crippen LogP contribution in [0.4, 0.5) is 0 Å². The van der Waals surface area contributed by atoms with E-state index in [1.165, 1.54) is 38.2 Å². The van der Waals surface area contributed by atoms with Crippen LogP contribution in [0.1, 0.15) is 0 Å². The lowest BCUT2D eigenvalue weighted by Crippen LogP contribution is -1.92. The molecule has 0 aliphatic carbocycles. The van der Waals surface area contributed by atoms with Crippen molar-refractivity contribution in [2.45, 2.75) is 0 Å². The van der Waals surface area contributed by atoms with Gasteiger partial charge in [-0.05, 0) is 74.1 Å². The molecule has 7 aromatic carbocycles. The second-order valence-corrected chi connectivity index (χ2v) is 11.2. The summed E-state index contributed by atoms with van der Waals surface area (Å²) in [5.41, 5.74) is 8.99. The molecule has 200 valence electrons. The lowest BCUT2D eigenvalue weighted by molar-refractivity contribution is 0.615. The first-order valence-electron chi connectivity index (χ1n) is 14.5. The Morgan fingerprint density at radius 3 is 1.56 bits per heavy atom. The van der Waals surface area contributed by atoms with Gasteiger partial charge in [-0.2, -0.15) is 0 Å². The molecule has 10 rings (SSSR count). The molecule has 0 aliphatic heterocycles. The maximum absolute atomic E-state index is 6.51. The molecule has 0 atom stereocenters. The fourth-order valence-corrected chi connectivity index (χ4v) is 7.22. The van der Waals surface area contributed by atoms with Crippen molar-refractivity contribution in [2.24, 2.45) is 0 Å². The molecule has 3 heteroatoms. The predicted octanol–water partition coefficient (Wildman–Crippen LogP) is 11.9. The molecule has 0 saturated carbocycles. The van der Waals surface area contributed by atoms with Crippen molar-refractivity contribution in [1.82, 2.24) is 0 Å². The van der Waals surface area contributed by atoms with Gasteiger partial charge in [0.15, 0.2) is 0 Å². The zero-order valence-electron chi connectivity index (χ0n) is 22.9. The van der Waals surface area contributed by atoms with Gasteiger partial charge in [0.25, 0.3) is 0 Å². The van der Waals surface area contributed by atoms with Crippen molar-refractivity contribution in [3.8, 4) is 22.3 Å². The highest BCUT2D eigenvalue weighted by atomic mass is 16.3. The lowest BCUT2D eigenvalue weighted by atomic mass is 9.84. The van der Waals surface area contributed by atoms with Crippen molar-refractivity contribution in [1.29, 1.82) is 0 Å². The molecule has 10 aromatic rings. The Morgan fingerprint density at radius 1 is 0.349 bits per heavy atom. The number of hydrogen-bond donors (Lipinski definition) is 0. The summed E-state index contributed by atoms with van der Waals surface area (Å²) in [6.45, 7) is 0. The number of rotatable bonds is 2. The average molecular weight is 551 g/mol. The summed E-state index contributed by atoms with van der Waals surface area (Å²) >= 11 is 0. The molecule has 0 radical (unpaired) electrons. The van der Waals surface area contributed by atoms with E-state index in [1.54, 1.807) is 6.26 Å². The average Bonchev–Trinajstić information content (AvgIpc) is 3.78. The van der Waals surface area contributed by atoms with E-state index in [1.807, 2.05) is 30.3 Å². The van der Waals surface area contributed by atoms with Gasteiger partial charge in [-0.25, -0.2) is 0 Å². The number of fused-ring (bicyclic) bond motifs is 10. The maximum Gasteiger partial charge on any atom is 0.147 e. The van der Waals surface area contributed by atoms with Crippen molar-refractivity contribution >= 4 is 76.4 Å². The van der Waals surface area contributed by atoms with Crippen LogP contribution in [-0.4, -0.2) is 0 Å². The predicted molar refractivity (Wildman–Crippen MR) is 177 cm³/mol. The first-order valence-corrected chi connectivity index (χ1v) is 14.5. The quantitative estimate of drug-likeness (QED) is 0.201. The Bertz CT molecular complexity index is 2680. The van der Waals surface area contributed by atoms with E-state index < -0.39 is 0 Å². The molecule has 3 aromatic heterocycles. The van der Waals surface area contributed by atoms with Gasteiger partial charge < -0.3 is 13.3 Å². The van der Waals surface area contributed by atoms with Crippen molar-refractivity contribution < 1.29 is 13.3 Å². The van der Waals surface area contributed by atoms with E-state index in [-0.39, 0.29) is 0 Å². The molecular formula is C40H22O3. The topological polar surface area (TPSA) is 39.4 Å². The standard InChI is InChI=1S/C40H22O3/c1-3-12-25-23(10-1)36(30-16-9-19-34-38(30)27-14-5-7-17-32(27)42-34)24-11-2-4-13-26(24)37(25)31-22-35-29(20-21-41-35)40-39(31)28-15-6-8-18-33(28)43-40/h1-22H. The van der Waals surface area contributed by atoms with E-state index in [9.17, 15) is 0 Å². The first-order chi connectivity index (χ1) is 21.3. The van der Waals surface area contributed by atoms with Crippen LogP contribution in [0, 0.1) is 0 Å². The molecule has 0 N–H and O–H groups in total. The van der Waals surface area contributed by atoms with Crippen molar-refractivity contribution in [3.05, 3.63) is 134 Å². The Kier molecular flexibility index (Phi) is 4.45. The minimum absolute atomic E-state index is 0.813. The van der Waals surface area contributed by atoms with E-state index >= 15 is 0 Å². The molecule has 0 aliphatic rings. The summed E-state index contributed by atoms with van der Waals surface area (Å²) in [7, 11) is 0. The summed E-state index contributed by atoms with van der Waals surface area (Å²) in [5.74, 6) is 0. The smallest absolute Gasteiger partial charge is 0.147 e. The normalized spacial score (nSPS) is 12.2. The second kappa shape index (κ2) is 8.37. The fraction of sp³-hybridized carbons (Fsp3) is 0. The molecule has 0 unspecified atom stereocenters. The SMILES string of the molecule is c1ccc2c(c1)oc1cccc(-c3c4ccccc4c(-c4cc5occc5c5oc6ccccc6c45)c4ccccc34)c12. The monoisotopic (exact) mass is 550 g/mol. The summed E-state index contributed by atoms with van der Waals surface area (Å²) in [5, 5.41) is 10.2. The molecule has 0 saturated heterocycles. The van der Waals surface area contributed by atoms with Gasteiger partial charge in [-0.15, -0.1) is 0 Å². The Morgan fingerprint density at radius 2 is 0.884 bits per heavy atom. The van der Waals surface area contributed by atoms with Crippen LogP contribution in [0.5, 0.6) is 0 Å². The van der Waals surface area contributed by atoms with Gasteiger partial charge in [0, 0.05) is 21.5 Å². The largest absolute Gasteiger partial charge is 0.464 e. The molecule has 0 bridgehead atoms. The minimum Gasteiger partial charge on any atom is -0.464 e. The van der Waals surface area contributed by atoms with Crippen LogP contribution in [0.2, 0.25) is 0 Å². The van der Waals surface area contributed by atoms with Gasteiger partial charge in [0.1, 0.15) is 27.9 Å². The number of para-hydroxylation sites is 2. The van der Waals surface area contributed by atoms with Gasteiger partial charge in [0.2, 0.25) is 0 Å². The van der Waals surface area contributed by atoms with Crippen LogP contribution in [-0.2, 0) is 0 Å². The Hall–Kier alpha value is -5.80. The van der Waals surface area contributed by atoms with Crippen LogP contribution >= 0.6 is 0 Å². The van der Waals surface area contributed by atoms with Gasteiger partial charge in [-0.3, -0.25) is 0 Å². The van der Waals surface area contributed by atoms with Crippen LogP contribution in [0.15, 0.2) is 147 Å².